The molecule has 3 N–H and O–H groups in total. The molecule has 11 nitrogen and oxygen atoms in total. The number of amides is 1. The number of H-pyrrole nitrogens is 1. The summed E-state index contributed by atoms with van der Waals surface area (Å²) in [6.45, 7) is 0. The van der Waals surface area contributed by atoms with E-state index in [1.165, 1.54) is 36.5 Å². The number of hydrogen-bond acceptors (Lipinski definition) is 8. The fourth-order valence-electron chi connectivity index (χ4n) is 3.70. The number of halogens is 1. The van der Waals surface area contributed by atoms with Crippen LogP contribution in [-0.4, -0.2) is 44.7 Å². The van der Waals surface area contributed by atoms with Crippen molar-refractivity contribution in [3.05, 3.63) is 88.0 Å². The molecule has 5 aromatic rings. The van der Waals surface area contributed by atoms with Gasteiger partial charge in [-0.25, -0.2) is 0 Å². The molecule has 176 valence electrons. The molecule has 1 atom stereocenters. The number of aromatic amines is 1. The first-order valence-corrected chi connectivity index (χ1v) is 12.3. The molecule has 2 aromatic heterocycles. The number of fused-ring (bicyclic) bond motifs is 1. The van der Waals surface area contributed by atoms with E-state index in [9.17, 15) is 17.8 Å². The summed E-state index contributed by atoms with van der Waals surface area (Å²) in [6, 6.07) is 15.8. The van der Waals surface area contributed by atoms with Crippen molar-refractivity contribution < 1.29 is 22.3 Å². The van der Waals surface area contributed by atoms with Gasteiger partial charge in [-0.15, -0.1) is 10.2 Å². The summed E-state index contributed by atoms with van der Waals surface area (Å²) in [7, 11) is -4.59. The minimum absolute atomic E-state index is 0.180. The van der Waals surface area contributed by atoms with E-state index < -0.39 is 21.3 Å². The SMILES string of the molecule is O=C(Nc1ccc(Br)cc1-c1nn[nH]n1)c1cccc(C(c2ccc3cnoc3c2)S(=O)(=O)O)c1. The quantitative estimate of drug-likeness (QED) is 0.263. The van der Waals surface area contributed by atoms with E-state index in [4.69, 9.17) is 4.52 Å². The van der Waals surface area contributed by atoms with E-state index in [0.29, 0.717) is 22.2 Å². The van der Waals surface area contributed by atoms with Crippen molar-refractivity contribution in [1.29, 1.82) is 0 Å². The maximum atomic E-state index is 13.1. The highest BCUT2D eigenvalue weighted by Gasteiger charge is 2.28. The van der Waals surface area contributed by atoms with Crippen molar-refractivity contribution >= 4 is 48.6 Å². The molecule has 0 aliphatic carbocycles. The van der Waals surface area contributed by atoms with Crippen LogP contribution in [0.5, 0.6) is 0 Å². The Morgan fingerprint density at radius 3 is 2.69 bits per heavy atom. The minimum Gasteiger partial charge on any atom is -0.356 e. The van der Waals surface area contributed by atoms with Crippen LogP contribution in [0.3, 0.4) is 0 Å². The predicted octanol–water partition coefficient (Wildman–Crippen LogP) is 4.00. The van der Waals surface area contributed by atoms with Crippen LogP contribution in [0.1, 0.15) is 26.7 Å². The number of rotatable bonds is 6. The Labute approximate surface area is 206 Å². The van der Waals surface area contributed by atoms with Crippen LogP contribution >= 0.6 is 15.9 Å². The third-order valence-electron chi connectivity index (χ3n) is 5.25. The average molecular weight is 555 g/mol. The molecule has 1 amide bonds. The molecule has 0 radical (unpaired) electrons. The lowest BCUT2D eigenvalue weighted by molar-refractivity contribution is 0.102. The minimum atomic E-state index is -4.59. The number of nitrogens with one attached hydrogen (secondary N) is 2. The maximum absolute atomic E-state index is 13.1. The zero-order valence-electron chi connectivity index (χ0n) is 17.6. The second kappa shape index (κ2) is 9.02. The van der Waals surface area contributed by atoms with Gasteiger partial charge in [0.1, 0.15) is 5.25 Å². The van der Waals surface area contributed by atoms with Gasteiger partial charge in [0.2, 0.25) is 5.82 Å². The molecule has 0 bridgehead atoms. The molecular weight excluding hydrogens is 540 g/mol. The van der Waals surface area contributed by atoms with E-state index in [1.54, 1.807) is 30.3 Å². The lowest BCUT2D eigenvalue weighted by Crippen LogP contribution is -2.16. The molecule has 0 saturated carbocycles. The third kappa shape index (κ3) is 4.69. The van der Waals surface area contributed by atoms with Gasteiger partial charge in [-0.05, 0) is 58.8 Å². The van der Waals surface area contributed by atoms with Crippen molar-refractivity contribution in [2.75, 3.05) is 5.32 Å². The van der Waals surface area contributed by atoms with E-state index in [1.807, 2.05) is 0 Å². The molecule has 35 heavy (non-hydrogen) atoms. The fourth-order valence-corrected chi connectivity index (χ4v) is 5.04. The van der Waals surface area contributed by atoms with Gasteiger partial charge in [-0.2, -0.15) is 13.6 Å². The van der Waals surface area contributed by atoms with Crippen molar-refractivity contribution in [3.8, 4) is 11.4 Å². The Kier molecular flexibility index (Phi) is 5.88. The van der Waals surface area contributed by atoms with E-state index in [-0.39, 0.29) is 22.5 Å². The van der Waals surface area contributed by atoms with Crippen molar-refractivity contribution in [2.24, 2.45) is 0 Å². The average Bonchev–Trinajstić information content (AvgIpc) is 3.51. The zero-order valence-corrected chi connectivity index (χ0v) is 20.0. The molecular formula is C22H15BrN6O5S. The van der Waals surface area contributed by atoms with Gasteiger partial charge in [0.15, 0.2) is 5.58 Å². The Bertz CT molecular complexity index is 1650. The van der Waals surface area contributed by atoms with E-state index in [2.05, 4.69) is 47.0 Å². The zero-order chi connectivity index (χ0) is 24.6. The van der Waals surface area contributed by atoms with Crippen LogP contribution in [0.4, 0.5) is 5.69 Å². The fraction of sp³-hybridized carbons (Fsp3) is 0.0455. The second-order valence-corrected chi connectivity index (χ2v) is 9.94. The molecule has 13 heteroatoms. The van der Waals surface area contributed by atoms with Gasteiger partial charge in [0.25, 0.3) is 16.0 Å². The number of anilines is 1. The standard InChI is InChI=1S/C22H15BrN6O5S/c23-16-6-7-18(17(10-16)21-26-28-29-27-21)25-22(30)14-3-1-2-12(8-14)20(35(31,32)33)13-4-5-15-11-24-34-19(15)9-13/h1-11,20H,(H,25,30)(H,31,32,33)(H,26,27,28,29). The largest absolute Gasteiger partial charge is 0.356 e. The molecule has 2 heterocycles. The number of hydrogen-bond donors (Lipinski definition) is 3. The van der Waals surface area contributed by atoms with Crippen molar-refractivity contribution in [3.63, 3.8) is 0 Å². The highest BCUT2D eigenvalue weighted by molar-refractivity contribution is 9.10. The summed E-state index contributed by atoms with van der Waals surface area (Å²) in [5.41, 5.74) is 1.96. The van der Waals surface area contributed by atoms with Gasteiger partial charge in [0, 0.05) is 21.0 Å². The number of tetrazole rings is 1. The van der Waals surface area contributed by atoms with Crippen LogP contribution in [0.2, 0.25) is 0 Å². The second-order valence-electron chi connectivity index (χ2n) is 7.52. The molecule has 0 aliphatic heterocycles. The van der Waals surface area contributed by atoms with Gasteiger partial charge in [0.05, 0.1) is 11.9 Å². The molecule has 0 fully saturated rings. The van der Waals surface area contributed by atoms with Crippen LogP contribution in [-0.2, 0) is 10.1 Å². The highest BCUT2D eigenvalue weighted by atomic mass is 79.9. The molecule has 0 aliphatic rings. The van der Waals surface area contributed by atoms with E-state index in [0.717, 1.165) is 4.47 Å². The van der Waals surface area contributed by atoms with Crippen LogP contribution in [0.25, 0.3) is 22.4 Å². The number of nitrogens with zero attached hydrogens (tertiary/aromatic N) is 4. The summed E-state index contributed by atoms with van der Waals surface area (Å²) in [6.07, 6.45) is 1.50. The van der Waals surface area contributed by atoms with Crippen molar-refractivity contribution in [1.82, 2.24) is 25.8 Å². The first kappa shape index (κ1) is 22.8. The van der Waals surface area contributed by atoms with Gasteiger partial charge in [-0.3, -0.25) is 9.35 Å². The smallest absolute Gasteiger partial charge is 0.276 e. The lowest BCUT2D eigenvalue weighted by atomic mass is 10.0. The number of carbonyl (C=O) groups is 1. The summed E-state index contributed by atoms with van der Waals surface area (Å²) < 4.78 is 40.6. The van der Waals surface area contributed by atoms with Crippen LogP contribution in [0, 0.1) is 0 Å². The van der Waals surface area contributed by atoms with E-state index >= 15 is 0 Å². The third-order valence-corrected chi connectivity index (χ3v) is 6.88. The van der Waals surface area contributed by atoms with Gasteiger partial charge < -0.3 is 9.84 Å². The number of benzene rings is 3. The lowest BCUT2D eigenvalue weighted by Gasteiger charge is -2.16. The molecule has 5 rings (SSSR count). The highest BCUT2D eigenvalue weighted by Crippen LogP contribution is 2.33. The van der Waals surface area contributed by atoms with Crippen LogP contribution < -0.4 is 5.32 Å². The van der Waals surface area contributed by atoms with Crippen LogP contribution in [0.15, 0.2) is 75.9 Å². The number of carbonyl (C=O) groups excluding carboxylic acids is 1. The first-order chi connectivity index (χ1) is 16.8. The summed E-state index contributed by atoms with van der Waals surface area (Å²) in [5, 5.41) is 19.6. The van der Waals surface area contributed by atoms with Crippen molar-refractivity contribution in [2.45, 2.75) is 5.25 Å². The van der Waals surface area contributed by atoms with Gasteiger partial charge >= 0.3 is 0 Å². The Hall–Kier alpha value is -3.94. The monoisotopic (exact) mass is 554 g/mol. The molecule has 0 saturated heterocycles. The maximum Gasteiger partial charge on any atom is 0.276 e. The first-order valence-electron chi connectivity index (χ1n) is 10.0. The van der Waals surface area contributed by atoms with Gasteiger partial charge in [-0.1, -0.05) is 39.3 Å². The Morgan fingerprint density at radius 2 is 1.91 bits per heavy atom. The summed E-state index contributed by atoms with van der Waals surface area (Å²) in [5.74, 6) is -0.219. The molecule has 0 spiro atoms. The summed E-state index contributed by atoms with van der Waals surface area (Å²) in [4.78, 5) is 13.1. The summed E-state index contributed by atoms with van der Waals surface area (Å²) >= 11 is 3.38. The molecule has 3 aromatic carbocycles. The number of aromatic nitrogens is 5. The Balaban J connectivity index is 1.50. The topological polar surface area (TPSA) is 164 Å². The normalized spacial score (nSPS) is 12.5. The predicted molar refractivity (Wildman–Crippen MR) is 129 cm³/mol. The Morgan fingerprint density at radius 1 is 1.09 bits per heavy atom. The molecule has 1 unspecified atom stereocenters.